The molecule has 1 N–H and O–H groups in total. The molecule has 1 aliphatic heterocycles. The minimum absolute atomic E-state index is 0.0163. The highest BCUT2D eigenvalue weighted by Crippen LogP contribution is 2.39. The highest BCUT2D eigenvalue weighted by Gasteiger charge is 2.31. The van der Waals surface area contributed by atoms with Crippen LogP contribution in [0, 0.1) is 0 Å². The quantitative estimate of drug-likeness (QED) is 0.665. The molecule has 3 aromatic rings. The van der Waals surface area contributed by atoms with Gasteiger partial charge in [-0.15, -0.1) is 10.2 Å². The molecule has 2 aromatic carbocycles. The van der Waals surface area contributed by atoms with Crippen LogP contribution in [0.4, 0.5) is 13.2 Å². The molecule has 1 fully saturated rings. The predicted molar refractivity (Wildman–Crippen MR) is 108 cm³/mol. The van der Waals surface area contributed by atoms with Crippen molar-refractivity contribution in [2.45, 2.75) is 32.0 Å². The molecule has 0 aliphatic carbocycles. The summed E-state index contributed by atoms with van der Waals surface area (Å²) in [6.45, 7) is 2.66. The first-order chi connectivity index (χ1) is 14.7. The number of phenolic OH excluding ortho intramolecular Hbond substituents is 1. The second-order valence-corrected chi connectivity index (χ2v) is 7.48. The minimum Gasteiger partial charge on any atom is -0.507 e. The zero-order chi connectivity index (χ0) is 22.2. The maximum atomic E-state index is 12.9. The number of phenols is 1. The molecule has 9 heteroatoms. The Morgan fingerprint density at radius 2 is 1.90 bits per heavy atom. The number of nitrogens with zero attached hydrogens (tertiary/aromatic N) is 3. The van der Waals surface area contributed by atoms with Crippen molar-refractivity contribution in [1.82, 2.24) is 15.1 Å². The van der Waals surface area contributed by atoms with Gasteiger partial charge < -0.3 is 14.7 Å². The Kier molecular flexibility index (Phi) is 5.43. The normalized spacial score (nSPS) is 17.0. The fourth-order valence-electron chi connectivity index (χ4n) is 3.75. The second-order valence-electron chi connectivity index (χ2n) is 7.48. The maximum Gasteiger partial charge on any atom is 0.416 e. The number of hydrogen-bond donors (Lipinski definition) is 1. The van der Waals surface area contributed by atoms with E-state index in [2.05, 4.69) is 10.2 Å². The Bertz CT molecular complexity index is 1130. The SMILES string of the molecule is CC(=O)N1CCC[C@@H](Oc2nnc(-c3ccc(C(F)(F)F)cc3O)c3ccccc23)C1. The van der Waals surface area contributed by atoms with E-state index >= 15 is 0 Å². The summed E-state index contributed by atoms with van der Waals surface area (Å²) in [5.74, 6) is -0.272. The molecule has 1 aromatic heterocycles. The number of aromatic hydroxyl groups is 1. The average Bonchev–Trinajstić information content (AvgIpc) is 2.74. The lowest BCUT2D eigenvalue weighted by Crippen LogP contribution is -2.43. The van der Waals surface area contributed by atoms with Gasteiger partial charge in [-0.25, -0.2) is 0 Å². The Morgan fingerprint density at radius 3 is 2.58 bits per heavy atom. The van der Waals surface area contributed by atoms with Gasteiger partial charge in [0.15, 0.2) is 0 Å². The number of carbonyl (C=O) groups excluding carboxylic acids is 1. The summed E-state index contributed by atoms with van der Waals surface area (Å²) < 4.78 is 44.8. The number of amides is 1. The Morgan fingerprint density at radius 1 is 1.16 bits per heavy atom. The van der Waals surface area contributed by atoms with Crippen molar-refractivity contribution in [3.63, 3.8) is 0 Å². The minimum atomic E-state index is -4.56. The van der Waals surface area contributed by atoms with Gasteiger partial charge in [-0.1, -0.05) is 18.2 Å². The van der Waals surface area contributed by atoms with E-state index in [9.17, 15) is 23.1 Å². The number of benzene rings is 2. The molecular weight excluding hydrogens is 411 g/mol. The van der Waals surface area contributed by atoms with Crippen molar-refractivity contribution in [3.8, 4) is 22.9 Å². The van der Waals surface area contributed by atoms with Crippen molar-refractivity contribution in [3.05, 3.63) is 48.0 Å². The molecule has 162 valence electrons. The topological polar surface area (TPSA) is 75.6 Å². The monoisotopic (exact) mass is 431 g/mol. The first-order valence-corrected chi connectivity index (χ1v) is 9.82. The van der Waals surface area contributed by atoms with E-state index < -0.39 is 17.5 Å². The van der Waals surface area contributed by atoms with Crippen molar-refractivity contribution in [2.75, 3.05) is 13.1 Å². The molecule has 31 heavy (non-hydrogen) atoms. The van der Waals surface area contributed by atoms with Crippen LogP contribution in [-0.4, -0.2) is 45.3 Å². The summed E-state index contributed by atoms with van der Waals surface area (Å²) >= 11 is 0. The molecule has 0 spiro atoms. The van der Waals surface area contributed by atoms with Gasteiger partial charge >= 0.3 is 6.18 Å². The number of carbonyl (C=O) groups is 1. The van der Waals surface area contributed by atoms with Crippen molar-refractivity contribution in [2.24, 2.45) is 0 Å². The second kappa shape index (κ2) is 8.05. The van der Waals surface area contributed by atoms with E-state index in [0.717, 1.165) is 18.9 Å². The van der Waals surface area contributed by atoms with E-state index in [1.54, 1.807) is 29.2 Å². The van der Waals surface area contributed by atoms with Crippen LogP contribution in [0.3, 0.4) is 0 Å². The summed E-state index contributed by atoms with van der Waals surface area (Å²) in [7, 11) is 0. The molecule has 1 saturated heterocycles. The van der Waals surface area contributed by atoms with Gasteiger partial charge in [0.25, 0.3) is 0 Å². The molecule has 1 aliphatic rings. The van der Waals surface area contributed by atoms with Crippen LogP contribution in [0.5, 0.6) is 11.6 Å². The molecule has 6 nitrogen and oxygen atoms in total. The number of piperidine rings is 1. The molecule has 0 saturated carbocycles. The lowest BCUT2D eigenvalue weighted by Gasteiger charge is -2.32. The largest absolute Gasteiger partial charge is 0.507 e. The molecule has 0 unspecified atom stereocenters. The van der Waals surface area contributed by atoms with Crippen molar-refractivity contribution in [1.29, 1.82) is 0 Å². The number of hydrogen-bond acceptors (Lipinski definition) is 5. The Labute approximate surface area is 176 Å². The number of rotatable bonds is 3. The van der Waals surface area contributed by atoms with Gasteiger partial charge in [-0.3, -0.25) is 4.79 Å². The molecule has 1 atom stereocenters. The predicted octanol–water partition coefficient (Wildman–Crippen LogP) is 4.41. The smallest absolute Gasteiger partial charge is 0.416 e. The number of ether oxygens (including phenoxy) is 1. The van der Waals surface area contributed by atoms with Crippen LogP contribution in [0.1, 0.15) is 25.3 Å². The van der Waals surface area contributed by atoms with Gasteiger partial charge in [0, 0.05) is 29.8 Å². The van der Waals surface area contributed by atoms with E-state index in [0.29, 0.717) is 29.9 Å². The highest BCUT2D eigenvalue weighted by atomic mass is 19.4. The summed E-state index contributed by atoms with van der Waals surface area (Å²) in [5.41, 5.74) is -0.551. The number of alkyl halides is 3. The fourth-order valence-corrected chi connectivity index (χ4v) is 3.75. The molecule has 2 heterocycles. The third-order valence-electron chi connectivity index (χ3n) is 5.34. The van der Waals surface area contributed by atoms with Crippen LogP contribution >= 0.6 is 0 Å². The number of halogens is 3. The van der Waals surface area contributed by atoms with Gasteiger partial charge in [0.05, 0.1) is 12.1 Å². The zero-order valence-electron chi connectivity index (χ0n) is 16.7. The van der Waals surface area contributed by atoms with Crippen LogP contribution in [0.25, 0.3) is 22.0 Å². The van der Waals surface area contributed by atoms with E-state index in [-0.39, 0.29) is 29.1 Å². The average molecular weight is 431 g/mol. The summed E-state index contributed by atoms with van der Waals surface area (Å²) in [4.78, 5) is 13.4. The van der Waals surface area contributed by atoms with Crippen LogP contribution in [0.15, 0.2) is 42.5 Å². The van der Waals surface area contributed by atoms with E-state index in [1.807, 2.05) is 0 Å². The first-order valence-electron chi connectivity index (χ1n) is 9.82. The highest BCUT2D eigenvalue weighted by molar-refractivity contribution is 5.98. The van der Waals surface area contributed by atoms with Crippen molar-refractivity contribution >= 4 is 16.7 Å². The van der Waals surface area contributed by atoms with Gasteiger partial charge in [-0.05, 0) is 37.1 Å². The maximum absolute atomic E-state index is 12.9. The summed E-state index contributed by atoms with van der Waals surface area (Å²) in [6, 6.07) is 9.82. The molecule has 1 amide bonds. The van der Waals surface area contributed by atoms with E-state index in [4.69, 9.17) is 4.74 Å². The van der Waals surface area contributed by atoms with Crippen molar-refractivity contribution < 1.29 is 27.8 Å². The molecule has 0 bridgehead atoms. The summed E-state index contributed by atoms with van der Waals surface area (Å²) in [5, 5.41) is 19.7. The number of fused-ring (bicyclic) bond motifs is 1. The Hall–Kier alpha value is -3.36. The molecule has 0 radical (unpaired) electrons. The summed E-state index contributed by atoms with van der Waals surface area (Å²) in [6.07, 6.45) is -3.22. The van der Waals surface area contributed by atoms with Crippen LogP contribution < -0.4 is 4.74 Å². The third kappa shape index (κ3) is 4.26. The molecule has 4 rings (SSSR count). The molecular formula is C22H20F3N3O3. The first kappa shape index (κ1) is 20.9. The number of aromatic nitrogens is 2. The van der Waals surface area contributed by atoms with E-state index in [1.165, 1.54) is 13.0 Å². The lowest BCUT2D eigenvalue weighted by molar-refractivity contribution is -0.137. The van der Waals surface area contributed by atoms with Gasteiger partial charge in [0.2, 0.25) is 11.8 Å². The standard InChI is InChI=1S/C22H20F3N3O3/c1-13(29)28-10-4-5-15(12-28)31-21-17-7-3-2-6-16(17)20(26-27-21)18-9-8-14(11-19(18)30)22(23,24)25/h2-3,6-9,11,15,30H,4-5,10,12H2,1H3/t15-/m1/s1. The zero-order valence-corrected chi connectivity index (χ0v) is 16.7. The lowest BCUT2D eigenvalue weighted by atomic mass is 10.0. The third-order valence-corrected chi connectivity index (χ3v) is 5.34. The fraction of sp³-hybridized carbons (Fsp3) is 0.318. The Balaban J connectivity index is 1.70. The van der Waals surface area contributed by atoms with Crippen LogP contribution in [0.2, 0.25) is 0 Å². The van der Waals surface area contributed by atoms with Crippen LogP contribution in [-0.2, 0) is 11.0 Å². The number of likely N-dealkylation sites (tertiary alicyclic amines) is 1. The van der Waals surface area contributed by atoms with Gasteiger partial charge in [0.1, 0.15) is 17.5 Å². The van der Waals surface area contributed by atoms with Gasteiger partial charge in [-0.2, -0.15) is 13.2 Å².